The van der Waals surface area contributed by atoms with Crippen LogP contribution in [0.1, 0.15) is 37.3 Å². The maximum Gasteiger partial charge on any atom is 0.220 e. The zero-order chi connectivity index (χ0) is 13.2. The first-order valence-corrected chi connectivity index (χ1v) is 6.53. The Hall–Kier alpha value is -1.51. The summed E-state index contributed by atoms with van der Waals surface area (Å²) >= 11 is 0. The summed E-state index contributed by atoms with van der Waals surface area (Å²) in [5.74, 6) is 1.10. The molecule has 0 aliphatic carbocycles. The molecule has 1 fully saturated rings. The summed E-state index contributed by atoms with van der Waals surface area (Å²) in [6, 6.07) is 6.25. The second-order valence-corrected chi connectivity index (χ2v) is 5.16. The molecule has 2 rings (SSSR count). The number of amides is 1. The molecule has 3 heteroatoms. The normalized spacial score (nSPS) is 22.9. The Labute approximate surface area is 109 Å². The first-order chi connectivity index (χ1) is 8.58. The van der Waals surface area contributed by atoms with Crippen molar-refractivity contribution in [1.29, 1.82) is 0 Å². The molecule has 1 heterocycles. The van der Waals surface area contributed by atoms with Crippen LogP contribution in [0.3, 0.4) is 0 Å². The van der Waals surface area contributed by atoms with E-state index in [0.717, 1.165) is 30.6 Å². The van der Waals surface area contributed by atoms with Crippen LogP contribution in [0.2, 0.25) is 0 Å². The number of benzene rings is 1. The predicted molar refractivity (Wildman–Crippen MR) is 71.8 cm³/mol. The number of nitrogens with one attached hydrogen (secondary N) is 1. The number of hydrogen-bond acceptors (Lipinski definition) is 2. The molecule has 18 heavy (non-hydrogen) atoms. The van der Waals surface area contributed by atoms with Crippen LogP contribution in [0.15, 0.2) is 18.2 Å². The van der Waals surface area contributed by atoms with Crippen molar-refractivity contribution in [1.82, 2.24) is 5.32 Å². The molecule has 3 nitrogen and oxygen atoms in total. The highest BCUT2D eigenvalue weighted by Gasteiger charge is 2.35. The van der Waals surface area contributed by atoms with Gasteiger partial charge in [0, 0.05) is 12.0 Å². The van der Waals surface area contributed by atoms with Crippen LogP contribution in [0.25, 0.3) is 0 Å². The summed E-state index contributed by atoms with van der Waals surface area (Å²) in [6.45, 7) is 4.19. The van der Waals surface area contributed by atoms with Gasteiger partial charge in [0.05, 0.1) is 7.11 Å². The zero-order valence-electron chi connectivity index (χ0n) is 11.4. The van der Waals surface area contributed by atoms with E-state index in [9.17, 15) is 4.79 Å². The average Bonchev–Trinajstić information content (AvgIpc) is 2.72. The second-order valence-electron chi connectivity index (χ2n) is 5.16. The molecule has 0 spiro atoms. The Morgan fingerprint density at radius 3 is 2.72 bits per heavy atom. The van der Waals surface area contributed by atoms with Crippen molar-refractivity contribution in [2.75, 3.05) is 7.11 Å². The fourth-order valence-electron chi connectivity index (χ4n) is 2.74. The fourth-order valence-corrected chi connectivity index (χ4v) is 2.74. The molecule has 1 atom stereocenters. The first kappa shape index (κ1) is 12.9. The molecule has 1 unspecified atom stereocenters. The van der Waals surface area contributed by atoms with E-state index >= 15 is 0 Å². The molecule has 1 aromatic rings. The van der Waals surface area contributed by atoms with Crippen LogP contribution in [0.5, 0.6) is 5.75 Å². The number of hydrogen-bond donors (Lipinski definition) is 1. The number of rotatable bonds is 4. The molecule has 1 amide bonds. The quantitative estimate of drug-likeness (QED) is 0.888. The lowest BCUT2D eigenvalue weighted by molar-refractivity contribution is -0.119. The van der Waals surface area contributed by atoms with E-state index in [1.54, 1.807) is 7.11 Å². The van der Waals surface area contributed by atoms with Crippen molar-refractivity contribution < 1.29 is 9.53 Å². The van der Waals surface area contributed by atoms with Gasteiger partial charge in [0.1, 0.15) is 5.75 Å². The molecular weight excluding hydrogens is 226 g/mol. The first-order valence-electron chi connectivity index (χ1n) is 6.53. The summed E-state index contributed by atoms with van der Waals surface area (Å²) in [5, 5.41) is 3.14. The Morgan fingerprint density at radius 1 is 1.44 bits per heavy atom. The lowest BCUT2D eigenvalue weighted by atomic mass is 9.86. The van der Waals surface area contributed by atoms with Crippen LogP contribution in [-0.2, 0) is 11.2 Å². The third-order valence-electron chi connectivity index (χ3n) is 3.91. The molecule has 0 saturated carbocycles. The third kappa shape index (κ3) is 2.50. The largest absolute Gasteiger partial charge is 0.496 e. The van der Waals surface area contributed by atoms with Gasteiger partial charge in [-0.2, -0.15) is 0 Å². The van der Waals surface area contributed by atoms with Crippen LogP contribution < -0.4 is 10.1 Å². The number of aryl methyl sites for hydroxylation is 1. The van der Waals surface area contributed by atoms with Crippen molar-refractivity contribution in [2.24, 2.45) is 0 Å². The minimum atomic E-state index is -0.0435. The summed E-state index contributed by atoms with van der Waals surface area (Å²) in [4.78, 5) is 11.4. The summed E-state index contributed by atoms with van der Waals surface area (Å²) in [5.41, 5.74) is 2.36. The van der Waals surface area contributed by atoms with E-state index in [1.165, 1.54) is 5.56 Å². The standard InChI is InChI=1S/C15H21NO2/c1-4-15(8-7-14(17)16-15)10-12-5-6-13(18-3)11(2)9-12/h5-6,9H,4,7-8,10H2,1-3H3,(H,16,17). The van der Waals surface area contributed by atoms with Crippen LogP contribution in [-0.4, -0.2) is 18.6 Å². The molecule has 1 aliphatic heterocycles. The highest BCUT2D eigenvalue weighted by Crippen LogP contribution is 2.29. The monoisotopic (exact) mass is 247 g/mol. The van der Waals surface area contributed by atoms with Gasteiger partial charge in [-0.05, 0) is 43.4 Å². The third-order valence-corrected chi connectivity index (χ3v) is 3.91. The van der Waals surface area contributed by atoms with Gasteiger partial charge < -0.3 is 10.1 Å². The average molecular weight is 247 g/mol. The number of carbonyl (C=O) groups excluding carboxylic acids is 1. The molecule has 0 aromatic heterocycles. The Balaban J connectivity index is 2.17. The number of methoxy groups -OCH3 is 1. The minimum Gasteiger partial charge on any atom is -0.496 e. The molecule has 1 aliphatic rings. The highest BCUT2D eigenvalue weighted by atomic mass is 16.5. The molecule has 1 N–H and O–H groups in total. The van der Waals surface area contributed by atoms with Gasteiger partial charge in [0.15, 0.2) is 0 Å². The van der Waals surface area contributed by atoms with Crippen LogP contribution in [0, 0.1) is 6.92 Å². The highest BCUT2D eigenvalue weighted by molar-refractivity contribution is 5.79. The lowest BCUT2D eigenvalue weighted by Crippen LogP contribution is -2.42. The van der Waals surface area contributed by atoms with Gasteiger partial charge in [-0.15, -0.1) is 0 Å². The van der Waals surface area contributed by atoms with Gasteiger partial charge in [-0.1, -0.05) is 19.1 Å². The molecule has 1 saturated heterocycles. The van der Waals surface area contributed by atoms with E-state index in [-0.39, 0.29) is 11.4 Å². The van der Waals surface area contributed by atoms with Crippen molar-refractivity contribution in [3.63, 3.8) is 0 Å². The maximum atomic E-state index is 11.4. The fraction of sp³-hybridized carbons (Fsp3) is 0.533. The lowest BCUT2D eigenvalue weighted by Gasteiger charge is -2.28. The van der Waals surface area contributed by atoms with Gasteiger partial charge in [0.25, 0.3) is 0 Å². The maximum absolute atomic E-state index is 11.4. The van der Waals surface area contributed by atoms with Crippen LogP contribution in [0.4, 0.5) is 0 Å². The smallest absolute Gasteiger partial charge is 0.220 e. The van der Waals surface area contributed by atoms with Gasteiger partial charge in [-0.3, -0.25) is 4.79 Å². The summed E-state index contributed by atoms with van der Waals surface area (Å²) in [6.07, 6.45) is 3.47. The van der Waals surface area contributed by atoms with E-state index in [1.807, 2.05) is 13.0 Å². The number of ether oxygens (including phenoxy) is 1. The van der Waals surface area contributed by atoms with Crippen LogP contribution >= 0.6 is 0 Å². The van der Waals surface area contributed by atoms with Crippen molar-refractivity contribution in [2.45, 2.75) is 45.1 Å². The topological polar surface area (TPSA) is 38.3 Å². The molecule has 0 bridgehead atoms. The summed E-state index contributed by atoms with van der Waals surface area (Å²) < 4.78 is 5.27. The van der Waals surface area contributed by atoms with E-state index < -0.39 is 0 Å². The predicted octanol–water partition coefficient (Wildman–Crippen LogP) is 2.60. The minimum absolute atomic E-state index is 0.0435. The molecule has 1 aromatic carbocycles. The van der Waals surface area contributed by atoms with Crippen molar-refractivity contribution in [3.05, 3.63) is 29.3 Å². The van der Waals surface area contributed by atoms with Crippen molar-refractivity contribution in [3.8, 4) is 5.75 Å². The zero-order valence-corrected chi connectivity index (χ0v) is 11.4. The van der Waals surface area contributed by atoms with Crippen molar-refractivity contribution >= 4 is 5.91 Å². The summed E-state index contributed by atoms with van der Waals surface area (Å²) in [7, 11) is 1.69. The van der Waals surface area contributed by atoms with Gasteiger partial charge in [-0.25, -0.2) is 0 Å². The Morgan fingerprint density at radius 2 is 2.22 bits per heavy atom. The Bertz CT molecular complexity index is 456. The van der Waals surface area contributed by atoms with E-state index in [4.69, 9.17) is 4.74 Å². The van der Waals surface area contributed by atoms with E-state index in [0.29, 0.717) is 6.42 Å². The van der Waals surface area contributed by atoms with E-state index in [2.05, 4.69) is 24.4 Å². The molecule has 98 valence electrons. The molecule has 0 radical (unpaired) electrons. The van der Waals surface area contributed by atoms with Gasteiger partial charge >= 0.3 is 0 Å². The van der Waals surface area contributed by atoms with Gasteiger partial charge in [0.2, 0.25) is 5.91 Å². The second kappa shape index (κ2) is 5.01. The molecular formula is C15H21NO2. The number of carbonyl (C=O) groups is 1. The SMILES string of the molecule is CCC1(Cc2ccc(OC)c(C)c2)CCC(=O)N1. The Kier molecular flexibility index (Phi) is 3.60.